The van der Waals surface area contributed by atoms with E-state index in [2.05, 4.69) is 4.74 Å². The molecule has 1 amide bonds. The summed E-state index contributed by atoms with van der Waals surface area (Å²) >= 11 is 0. The van der Waals surface area contributed by atoms with E-state index >= 15 is 0 Å². The number of amides is 1. The first kappa shape index (κ1) is 9.83. The summed E-state index contributed by atoms with van der Waals surface area (Å²) in [7, 11) is 1.32. The smallest absolute Gasteiger partial charge is 0.407 e. The quantitative estimate of drug-likeness (QED) is 0.609. The maximum Gasteiger partial charge on any atom is 0.407 e. The molecule has 1 saturated heterocycles. The largest absolute Gasteiger partial charge is 0.469 e. The van der Waals surface area contributed by atoms with Crippen molar-refractivity contribution in [1.82, 2.24) is 4.90 Å². The number of piperidine rings is 1. The Bertz CT molecular complexity index is 216. The van der Waals surface area contributed by atoms with Crippen LogP contribution in [0.4, 0.5) is 4.79 Å². The third-order valence-electron chi connectivity index (χ3n) is 2.23. The molecule has 0 saturated carbocycles. The van der Waals surface area contributed by atoms with Gasteiger partial charge in [-0.25, -0.2) is 4.79 Å². The summed E-state index contributed by atoms with van der Waals surface area (Å²) in [6.07, 6.45) is 0.483. The van der Waals surface area contributed by atoms with Crippen molar-refractivity contribution in [3.63, 3.8) is 0 Å². The predicted molar refractivity (Wildman–Crippen MR) is 44.3 cm³/mol. The molecule has 5 nitrogen and oxygen atoms in total. The number of hydrogen-bond acceptors (Lipinski definition) is 3. The first-order valence-electron chi connectivity index (χ1n) is 4.21. The van der Waals surface area contributed by atoms with E-state index in [0.29, 0.717) is 6.54 Å². The van der Waals surface area contributed by atoms with Crippen LogP contribution < -0.4 is 0 Å². The Morgan fingerprint density at radius 2 is 2.23 bits per heavy atom. The van der Waals surface area contributed by atoms with Gasteiger partial charge in [-0.05, 0) is 12.8 Å². The van der Waals surface area contributed by atoms with Gasteiger partial charge in [-0.15, -0.1) is 0 Å². The van der Waals surface area contributed by atoms with Crippen LogP contribution in [0.5, 0.6) is 0 Å². The lowest BCUT2D eigenvalue weighted by Gasteiger charge is -2.28. The van der Waals surface area contributed by atoms with Crippen molar-refractivity contribution < 1.29 is 19.4 Å². The Morgan fingerprint density at radius 3 is 2.77 bits per heavy atom. The molecule has 0 spiro atoms. The standard InChI is InChI=1S/C8H13NO4/c1-13-7(10)6-3-2-4-9(5-6)8(11)12/h6H,2-5H2,1H3,(H,11,12). The molecule has 1 unspecified atom stereocenters. The lowest BCUT2D eigenvalue weighted by Crippen LogP contribution is -2.41. The molecular formula is C8H13NO4. The van der Waals surface area contributed by atoms with Gasteiger partial charge < -0.3 is 14.7 Å². The van der Waals surface area contributed by atoms with Crippen molar-refractivity contribution in [3.8, 4) is 0 Å². The van der Waals surface area contributed by atoms with Gasteiger partial charge in [0.2, 0.25) is 0 Å². The van der Waals surface area contributed by atoms with Gasteiger partial charge in [0.05, 0.1) is 13.0 Å². The summed E-state index contributed by atoms with van der Waals surface area (Å²) in [5.41, 5.74) is 0. The lowest BCUT2D eigenvalue weighted by molar-refractivity contribution is -0.146. The maximum absolute atomic E-state index is 11.1. The average Bonchev–Trinajstić information content (AvgIpc) is 2.17. The Balaban J connectivity index is 2.51. The second-order valence-corrected chi connectivity index (χ2v) is 3.09. The number of rotatable bonds is 1. The zero-order valence-corrected chi connectivity index (χ0v) is 7.52. The van der Waals surface area contributed by atoms with Gasteiger partial charge in [0.25, 0.3) is 0 Å². The van der Waals surface area contributed by atoms with E-state index in [1.54, 1.807) is 0 Å². The van der Waals surface area contributed by atoms with Crippen molar-refractivity contribution >= 4 is 12.1 Å². The number of carbonyl (C=O) groups is 2. The zero-order valence-electron chi connectivity index (χ0n) is 7.52. The van der Waals surface area contributed by atoms with Gasteiger partial charge in [0, 0.05) is 13.1 Å². The SMILES string of the molecule is COC(=O)C1CCCN(C(=O)O)C1. The van der Waals surface area contributed by atoms with Crippen LogP contribution in [0.3, 0.4) is 0 Å². The second-order valence-electron chi connectivity index (χ2n) is 3.09. The number of carbonyl (C=O) groups excluding carboxylic acids is 1. The molecule has 1 heterocycles. The molecule has 0 bridgehead atoms. The van der Waals surface area contributed by atoms with E-state index in [9.17, 15) is 9.59 Å². The molecule has 5 heteroatoms. The van der Waals surface area contributed by atoms with Crippen LogP contribution in [0.15, 0.2) is 0 Å². The van der Waals surface area contributed by atoms with E-state index in [-0.39, 0.29) is 18.4 Å². The molecule has 1 aliphatic rings. The summed E-state index contributed by atoms with van der Waals surface area (Å²) < 4.78 is 4.56. The van der Waals surface area contributed by atoms with Crippen molar-refractivity contribution in [1.29, 1.82) is 0 Å². The summed E-state index contributed by atoms with van der Waals surface area (Å²) in [4.78, 5) is 22.9. The zero-order chi connectivity index (χ0) is 9.84. The Hall–Kier alpha value is -1.26. The van der Waals surface area contributed by atoms with Gasteiger partial charge in [-0.2, -0.15) is 0 Å². The highest BCUT2D eigenvalue weighted by Gasteiger charge is 2.28. The second kappa shape index (κ2) is 4.11. The highest BCUT2D eigenvalue weighted by molar-refractivity contribution is 5.74. The molecule has 0 aromatic heterocycles. The Labute approximate surface area is 76.3 Å². The third kappa shape index (κ3) is 2.34. The van der Waals surface area contributed by atoms with E-state index in [0.717, 1.165) is 12.8 Å². The highest BCUT2D eigenvalue weighted by atomic mass is 16.5. The van der Waals surface area contributed by atoms with Gasteiger partial charge in [-0.1, -0.05) is 0 Å². The fraction of sp³-hybridized carbons (Fsp3) is 0.750. The minimum Gasteiger partial charge on any atom is -0.469 e. The Kier molecular flexibility index (Phi) is 3.11. The van der Waals surface area contributed by atoms with Gasteiger partial charge in [0.15, 0.2) is 0 Å². The van der Waals surface area contributed by atoms with E-state index < -0.39 is 6.09 Å². The van der Waals surface area contributed by atoms with Crippen molar-refractivity contribution in [2.24, 2.45) is 5.92 Å². The molecule has 1 rings (SSSR count). The Morgan fingerprint density at radius 1 is 1.54 bits per heavy atom. The molecule has 74 valence electrons. The van der Waals surface area contributed by atoms with Gasteiger partial charge in [-0.3, -0.25) is 4.79 Å². The third-order valence-corrected chi connectivity index (χ3v) is 2.23. The normalized spacial score (nSPS) is 22.5. The van der Waals surface area contributed by atoms with E-state index in [1.807, 2.05) is 0 Å². The van der Waals surface area contributed by atoms with Crippen molar-refractivity contribution in [2.75, 3.05) is 20.2 Å². The highest BCUT2D eigenvalue weighted by Crippen LogP contribution is 2.17. The molecule has 0 radical (unpaired) electrons. The summed E-state index contributed by atoms with van der Waals surface area (Å²) in [5.74, 6) is -0.596. The van der Waals surface area contributed by atoms with Gasteiger partial charge in [0.1, 0.15) is 0 Å². The number of carboxylic acid groups (broad SMARTS) is 1. The number of likely N-dealkylation sites (tertiary alicyclic amines) is 1. The first-order chi connectivity index (χ1) is 6.15. The van der Waals surface area contributed by atoms with Crippen molar-refractivity contribution in [2.45, 2.75) is 12.8 Å². The summed E-state index contributed by atoms with van der Waals surface area (Å²) in [5, 5.41) is 8.68. The first-order valence-corrected chi connectivity index (χ1v) is 4.21. The molecule has 0 aromatic rings. The monoisotopic (exact) mass is 187 g/mol. The molecule has 1 fully saturated rings. The number of nitrogens with zero attached hydrogens (tertiary/aromatic N) is 1. The van der Waals surface area contributed by atoms with Crippen LogP contribution in [0.1, 0.15) is 12.8 Å². The topological polar surface area (TPSA) is 66.8 Å². The number of esters is 1. The molecular weight excluding hydrogens is 174 g/mol. The average molecular weight is 187 g/mol. The van der Waals surface area contributed by atoms with Crippen LogP contribution in [0.2, 0.25) is 0 Å². The van der Waals surface area contributed by atoms with Crippen LogP contribution in [0.25, 0.3) is 0 Å². The molecule has 0 aliphatic carbocycles. The minimum atomic E-state index is -0.964. The molecule has 1 N–H and O–H groups in total. The number of methoxy groups -OCH3 is 1. The summed E-state index contributed by atoms with van der Waals surface area (Å²) in [6, 6.07) is 0. The predicted octanol–water partition coefficient (Wildman–Crippen LogP) is 0.549. The molecule has 1 aliphatic heterocycles. The van der Waals surface area contributed by atoms with Crippen LogP contribution in [-0.4, -0.2) is 42.3 Å². The van der Waals surface area contributed by atoms with Crippen LogP contribution in [0, 0.1) is 5.92 Å². The number of ether oxygens (including phenoxy) is 1. The maximum atomic E-state index is 11.1. The fourth-order valence-electron chi connectivity index (χ4n) is 1.51. The minimum absolute atomic E-state index is 0.266. The van der Waals surface area contributed by atoms with Crippen LogP contribution >= 0.6 is 0 Å². The number of hydrogen-bond donors (Lipinski definition) is 1. The lowest BCUT2D eigenvalue weighted by atomic mass is 9.99. The molecule has 0 aromatic carbocycles. The van der Waals surface area contributed by atoms with E-state index in [4.69, 9.17) is 5.11 Å². The fourth-order valence-corrected chi connectivity index (χ4v) is 1.51. The summed E-state index contributed by atoms with van der Waals surface area (Å²) in [6.45, 7) is 0.783. The molecule has 1 atom stereocenters. The van der Waals surface area contributed by atoms with E-state index in [1.165, 1.54) is 12.0 Å². The van der Waals surface area contributed by atoms with Crippen molar-refractivity contribution in [3.05, 3.63) is 0 Å². The van der Waals surface area contributed by atoms with Crippen LogP contribution in [-0.2, 0) is 9.53 Å². The molecule has 13 heavy (non-hydrogen) atoms. The van der Waals surface area contributed by atoms with Gasteiger partial charge >= 0.3 is 12.1 Å².